The van der Waals surface area contributed by atoms with Gasteiger partial charge in [0.1, 0.15) is 6.04 Å². The molecule has 3 rings (SSSR count). The van der Waals surface area contributed by atoms with Gasteiger partial charge in [0.25, 0.3) is 0 Å². The Morgan fingerprint density at radius 1 is 1.36 bits per heavy atom. The normalized spacial score (nSPS) is 20.2. The number of aryl methyl sites for hydroxylation is 1. The molecule has 2 aromatic rings. The number of hydrazine groups is 1. The predicted molar refractivity (Wildman–Crippen MR) is 100 cm³/mol. The Morgan fingerprint density at radius 2 is 2.08 bits per heavy atom. The molecule has 2 atom stereocenters. The smallest absolute Gasteiger partial charge is 0.241 e. The number of amides is 1. The average molecular weight is 406 g/mol. The summed E-state index contributed by atoms with van der Waals surface area (Å²) >= 11 is 3.45. The lowest BCUT2D eigenvalue weighted by molar-refractivity contribution is -0.135. The molecule has 0 bridgehead atoms. The van der Waals surface area contributed by atoms with Gasteiger partial charge in [-0.05, 0) is 38.0 Å². The summed E-state index contributed by atoms with van der Waals surface area (Å²) < 4.78 is 2.81. The van der Waals surface area contributed by atoms with E-state index in [1.807, 2.05) is 50.3 Å². The van der Waals surface area contributed by atoms with Crippen molar-refractivity contribution in [2.24, 2.45) is 7.05 Å². The highest BCUT2D eigenvalue weighted by Crippen LogP contribution is 2.25. The van der Waals surface area contributed by atoms with Crippen LogP contribution in [0.4, 0.5) is 0 Å². The molecular weight excluding hydrogens is 382 g/mol. The van der Waals surface area contributed by atoms with Gasteiger partial charge in [0.2, 0.25) is 5.91 Å². The monoisotopic (exact) mass is 405 g/mol. The van der Waals surface area contributed by atoms with E-state index in [1.165, 1.54) is 5.56 Å². The molecule has 1 aromatic heterocycles. The van der Waals surface area contributed by atoms with Gasteiger partial charge in [-0.15, -0.1) is 0 Å². The van der Waals surface area contributed by atoms with Gasteiger partial charge in [0.05, 0.1) is 6.20 Å². The molecule has 2 N–H and O–H groups in total. The minimum Gasteiger partial charge on any atom is -0.334 e. The third-order valence-electron chi connectivity index (χ3n) is 4.49. The number of benzene rings is 1. The van der Waals surface area contributed by atoms with E-state index in [9.17, 15) is 4.79 Å². The van der Waals surface area contributed by atoms with Crippen molar-refractivity contribution in [2.45, 2.75) is 44.9 Å². The third kappa shape index (κ3) is 4.29. The zero-order valence-corrected chi connectivity index (χ0v) is 16.3. The summed E-state index contributed by atoms with van der Waals surface area (Å²) in [6.07, 6.45) is 4.50. The highest BCUT2D eigenvalue weighted by Gasteiger charge is 2.33. The molecule has 6 nitrogen and oxygen atoms in total. The molecule has 1 amide bonds. The fourth-order valence-corrected chi connectivity index (χ4v) is 3.36. The van der Waals surface area contributed by atoms with Crippen LogP contribution in [0.5, 0.6) is 0 Å². The first-order valence-electron chi connectivity index (χ1n) is 8.48. The van der Waals surface area contributed by atoms with Gasteiger partial charge in [-0.2, -0.15) is 5.10 Å². The molecular formula is C18H24BrN5O. The molecule has 0 radical (unpaired) electrons. The van der Waals surface area contributed by atoms with Crippen LogP contribution in [0.25, 0.3) is 0 Å². The van der Waals surface area contributed by atoms with Gasteiger partial charge < -0.3 is 4.90 Å². The highest BCUT2D eigenvalue weighted by atomic mass is 79.9. The largest absolute Gasteiger partial charge is 0.334 e. The number of hydrogen-bond donors (Lipinski definition) is 2. The Balaban J connectivity index is 1.67. The van der Waals surface area contributed by atoms with Gasteiger partial charge in [-0.3, -0.25) is 9.48 Å². The number of rotatable bonds is 5. The maximum Gasteiger partial charge on any atom is 0.241 e. The molecule has 25 heavy (non-hydrogen) atoms. The maximum atomic E-state index is 13.0. The quantitative estimate of drug-likeness (QED) is 0.801. The summed E-state index contributed by atoms with van der Waals surface area (Å²) in [7, 11) is 1.89. The lowest BCUT2D eigenvalue weighted by Gasteiger charge is -2.28. The summed E-state index contributed by atoms with van der Waals surface area (Å²) in [6.45, 7) is 4.66. The lowest BCUT2D eigenvalue weighted by Crippen LogP contribution is -2.47. The number of carbonyl (C=O) groups is 1. The number of aromatic nitrogens is 2. The number of nitrogens with one attached hydrogen (secondary N) is 2. The number of nitrogens with zero attached hydrogens (tertiary/aromatic N) is 3. The fourth-order valence-electron chi connectivity index (χ4n) is 3.10. The molecule has 1 aliphatic heterocycles. The molecule has 1 aromatic carbocycles. The van der Waals surface area contributed by atoms with Crippen LogP contribution >= 0.6 is 15.9 Å². The van der Waals surface area contributed by atoms with Crippen LogP contribution in [0.3, 0.4) is 0 Å². The first-order valence-corrected chi connectivity index (χ1v) is 9.28. The van der Waals surface area contributed by atoms with Gasteiger partial charge in [0.15, 0.2) is 0 Å². The van der Waals surface area contributed by atoms with Crippen molar-refractivity contribution in [2.75, 3.05) is 0 Å². The van der Waals surface area contributed by atoms with Gasteiger partial charge in [-0.25, -0.2) is 10.9 Å². The molecule has 1 aliphatic rings. The second-order valence-corrected chi connectivity index (χ2v) is 7.68. The molecule has 2 unspecified atom stereocenters. The molecule has 1 saturated heterocycles. The first-order chi connectivity index (χ1) is 11.9. The maximum absolute atomic E-state index is 13.0. The van der Waals surface area contributed by atoms with Crippen molar-refractivity contribution in [3.05, 3.63) is 52.3 Å². The molecule has 134 valence electrons. The zero-order chi connectivity index (χ0) is 18.0. The molecule has 0 saturated carbocycles. The van der Waals surface area contributed by atoms with Gasteiger partial charge in [-0.1, -0.05) is 28.1 Å². The van der Waals surface area contributed by atoms with Crippen molar-refractivity contribution >= 4 is 21.8 Å². The van der Waals surface area contributed by atoms with Crippen LogP contribution in [0.2, 0.25) is 0 Å². The average Bonchev–Trinajstić information content (AvgIpc) is 3.22. The van der Waals surface area contributed by atoms with Crippen LogP contribution in [0.1, 0.15) is 37.4 Å². The van der Waals surface area contributed by atoms with E-state index in [2.05, 4.69) is 44.0 Å². The van der Waals surface area contributed by atoms with E-state index in [4.69, 9.17) is 0 Å². The second-order valence-electron chi connectivity index (χ2n) is 6.76. The van der Waals surface area contributed by atoms with E-state index in [0.717, 1.165) is 16.5 Å². The topological polar surface area (TPSA) is 62.2 Å². The third-order valence-corrected chi connectivity index (χ3v) is 5.02. The first kappa shape index (κ1) is 18.1. The Kier molecular flexibility index (Phi) is 5.56. The summed E-state index contributed by atoms with van der Waals surface area (Å²) in [6, 6.07) is 8.23. The van der Waals surface area contributed by atoms with E-state index in [0.29, 0.717) is 6.54 Å². The van der Waals surface area contributed by atoms with Crippen molar-refractivity contribution in [1.29, 1.82) is 0 Å². The van der Waals surface area contributed by atoms with Crippen LogP contribution < -0.4 is 10.9 Å². The van der Waals surface area contributed by atoms with Gasteiger partial charge >= 0.3 is 0 Å². The minimum atomic E-state index is -0.229. The fraction of sp³-hybridized carbons (Fsp3) is 0.444. The Bertz CT molecular complexity index is 727. The van der Waals surface area contributed by atoms with Crippen LogP contribution in [-0.4, -0.2) is 32.7 Å². The summed E-state index contributed by atoms with van der Waals surface area (Å²) in [4.78, 5) is 14.9. The van der Waals surface area contributed by atoms with Crippen LogP contribution in [-0.2, 0) is 18.4 Å². The highest BCUT2D eigenvalue weighted by molar-refractivity contribution is 9.10. The predicted octanol–water partition coefficient (Wildman–Crippen LogP) is 2.53. The Morgan fingerprint density at radius 3 is 2.68 bits per heavy atom. The molecule has 0 spiro atoms. The number of halogens is 1. The zero-order valence-electron chi connectivity index (χ0n) is 14.7. The second kappa shape index (κ2) is 7.68. The molecule has 0 aliphatic carbocycles. The van der Waals surface area contributed by atoms with Gasteiger partial charge in [0, 0.05) is 41.9 Å². The standard InChI is InChI=1S/C18H24BrN5O/c1-12(2)24(11-13-9-20-23(3)10-13)18(25)17-8-16(21-22-17)14-4-6-15(19)7-5-14/h4-7,9-10,12,16-17,21-22H,8,11H2,1-3H3. The molecule has 7 heteroatoms. The van der Waals surface area contributed by atoms with E-state index in [-0.39, 0.29) is 24.0 Å². The summed E-state index contributed by atoms with van der Waals surface area (Å²) in [5, 5.41) is 4.19. The van der Waals surface area contributed by atoms with Crippen LogP contribution in [0, 0.1) is 0 Å². The van der Waals surface area contributed by atoms with Crippen molar-refractivity contribution < 1.29 is 4.79 Å². The van der Waals surface area contributed by atoms with Crippen molar-refractivity contribution in [1.82, 2.24) is 25.5 Å². The Labute approximate surface area is 156 Å². The molecule has 2 heterocycles. The minimum absolute atomic E-state index is 0.117. The number of carbonyl (C=O) groups excluding carboxylic acids is 1. The lowest BCUT2D eigenvalue weighted by atomic mass is 10.0. The van der Waals surface area contributed by atoms with Crippen molar-refractivity contribution in [3.63, 3.8) is 0 Å². The summed E-state index contributed by atoms with van der Waals surface area (Å²) in [5.74, 6) is 0.117. The van der Waals surface area contributed by atoms with E-state index >= 15 is 0 Å². The molecule has 1 fully saturated rings. The summed E-state index contributed by atoms with van der Waals surface area (Å²) in [5.41, 5.74) is 8.64. The number of hydrogen-bond acceptors (Lipinski definition) is 4. The Hall–Kier alpha value is -1.70. The SMILES string of the molecule is CC(C)N(Cc1cnn(C)c1)C(=O)C1CC(c2ccc(Br)cc2)NN1. The van der Waals surface area contributed by atoms with Crippen molar-refractivity contribution in [3.8, 4) is 0 Å². The van der Waals surface area contributed by atoms with E-state index < -0.39 is 0 Å². The van der Waals surface area contributed by atoms with E-state index in [1.54, 1.807) is 4.68 Å². The van der Waals surface area contributed by atoms with Crippen LogP contribution in [0.15, 0.2) is 41.1 Å².